The summed E-state index contributed by atoms with van der Waals surface area (Å²) in [7, 11) is -0.577. The van der Waals surface area contributed by atoms with Gasteiger partial charge in [-0.3, -0.25) is 4.98 Å². The first-order chi connectivity index (χ1) is 14.1. The highest BCUT2D eigenvalue weighted by Gasteiger charge is 2.22. The van der Waals surface area contributed by atoms with Gasteiger partial charge in [-0.15, -0.1) is 11.8 Å². The molecule has 0 saturated carbocycles. The Labute approximate surface area is 183 Å². The summed E-state index contributed by atoms with van der Waals surface area (Å²) in [5.41, 5.74) is 3.18. The molecule has 0 bridgehead atoms. The molecule has 0 saturated heterocycles. The van der Waals surface area contributed by atoms with E-state index in [4.69, 9.17) is 0 Å². The first kappa shape index (κ1) is 22.5. The van der Waals surface area contributed by atoms with Crippen molar-refractivity contribution >= 4 is 22.0 Å². The molecule has 1 unspecified atom stereocenters. The lowest BCUT2D eigenvalue weighted by molar-refractivity contribution is 0.510. The second-order valence-electron chi connectivity index (χ2n) is 8.34. The Morgan fingerprint density at radius 3 is 2.27 bits per heavy atom. The first-order valence-corrected chi connectivity index (χ1v) is 12.1. The van der Waals surface area contributed by atoms with E-state index in [1.165, 1.54) is 39.2 Å². The Balaban J connectivity index is 1.85. The Hall–Kier alpha value is -2.16. The highest BCUT2D eigenvalue weighted by atomic mass is 32.2. The number of pyridine rings is 1. The zero-order valence-electron chi connectivity index (χ0n) is 18.0. The lowest BCUT2D eigenvalue weighted by Crippen LogP contribution is -2.27. The molecule has 0 spiro atoms. The summed E-state index contributed by atoms with van der Waals surface area (Å²) in [5, 5.41) is 0. The maximum atomic E-state index is 12.4. The molecule has 0 radical (unpaired) electrons. The normalized spacial score (nSPS) is 13.5. The van der Waals surface area contributed by atoms with Crippen LogP contribution in [0.4, 0.5) is 0 Å². The van der Waals surface area contributed by atoms with Gasteiger partial charge in [-0.1, -0.05) is 32.9 Å². The van der Waals surface area contributed by atoms with Gasteiger partial charge in [0, 0.05) is 49.3 Å². The molecular formula is C22H28N4O2S2. The summed E-state index contributed by atoms with van der Waals surface area (Å²) < 4.78 is 27.2. The molecule has 3 rings (SSSR count). The molecule has 30 heavy (non-hydrogen) atoms. The van der Waals surface area contributed by atoms with Crippen molar-refractivity contribution in [2.45, 2.75) is 37.0 Å². The van der Waals surface area contributed by atoms with Crippen LogP contribution in [0, 0.1) is 0 Å². The third kappa shape index (κ3) is 5.11. The second-order valence-corrected chi connectivity index (χ2v) is 11.5. The van der Waals surface area contributed by atoms with Crippen LogP contribution in [-0.2, 0) is 15.6 Å². The molecule has 0 aliphatic heterocycles. The number of aromatic nitrogens is 3. The van der Waals surface area contributed by atoms with E-state index in [-0.39, 0.29) is 11.3 Å². The predicted octanol–water partition coefficient (Wildman–Crippen LogP) is 4.15. The lowest BCUT2D eigenvalue weighted by Gasteiger charge is -2.19. The average Bonchev–Trinajstić information content (AvgIpc) is 3.19. The number of hydrogen-bond donors (Lipinski definition) is 0. The summed E-state index contributed by atoms with van der Waals surface area (Å²) in [6, 6.07) is 12.5. The zero-order chi connectivity index (χ0) is 21.9. The predicted molar refractivity (Wildman–Crippen MR) is 122 cm³/mol. The molecule has 0 fully saturated rings. The van der Waals surface area contributed by atoms with E-state index >= 15 is 0 Å². The van der Waals surface area contributed by atoms with E-state index in [0.717, 1.165) is 11.3 Å². The molecule has 2 aromatic heterocycles. The molecule has 0 aliphatic rings. The third-order valence-electron chi connectivity index (χ3n) is 4.91. The van der Waals surface area contributed by atoms with Crippen molar-refractivity contribution in [2.75, 3.05) is 19.8 Å². The highest BCUT2D eigenvalue weighted by Crippen LogP contribution is 2.32. The van der Waals surface area contributed by atoms with Crippen molar-refractivity contribution in [1.82, 2.24) is 18.2 Å². The van der Waals surface area contributed by atoms with Crippen LogP contribution in [0.2, 0.25) is 0 Å². The van der Waals surface area contributed by atoms with Crippen molar-refractivity contribution in [3.63, 3.8) is 0 Å². The Morgan fingerprint density at radius 2 is 1.70 bits per heavy atom. The number of hydrogen-bond acceptors (Lipinski definition) is 5. The largest absolute Gasteiger partial charge is 0.308 e. The Morgan fingerprint density at radius 1 is 1.07 bits per heavy atom. The van der Waals surface area contributed by atoms with Crippen LogP contribution in [0.1, 0.15) is 43.5 Å². The van der Waals surface area contributed by atoms with Crippen LogP contribution in [0.5, 0.6) is 0 Å². The van der Waals surface area contributed by atoms with E-state index in [9.17, 15) is 8.42 Å². The average molecular weight is 445 g/mol. The fraction of sp³-hybridized carbons (Fsp3) is 0.364. The summed E-state index contributed by atoms with van der Waals surface area (Å²) in [4.78, 5) is 9.70. The van der Waals surface area contributed by atoms with Gasteiger partial charge in [-0.2, -0.15) is 12.7 Å². The lowest BCUT2D eigenvalue weighted by atomic mass is 9.87. The standard InChI is InChI=1S/C22H28N4O2S2/c1-22(2,3)18-6-8-19(9-7-18)29-15-20(17-10-12-23-13-11-17)21-14-26(16-24-21)30(27,28)25(4)5/h6-14,16,20H,15H2,1-5H3. The second kappa shape index (κ2) is 8.91. The highest BCUT2D eigenvalue weighted by molar-refractivity contribution is 7.99. The zero-order valence-corrected chi connectivity index (χ0v) is 19.6. The minimum Gasteiger partial charge on any atom is -0.265 e. The quantitative estimate of drug-likeness (QED) is 0.512. The summed E-state index contributed by atoms with van der Waals surface area (Å²) in [5.74, 6) is 0.677. The monoisotopic (exact) mass is 444 g/mol. The number of benzene rings is 1. The molecule has 3 aromatic rings. The van der Waals surface area contributed by atoms with Gasteiger partial charge in [-0.25, -0.2) is 8.96 Å². The van der Waals surface area contributed by atoms with Crippen molar-refractivity contribution in [1.29, 1.82) is 0 Å². The smallest absolute Gasteiger partial charge is 0.265 e. The summed E-state index contributed by atoms with van der Waals surface area (Å²) >= 11 is 1.73. The number of thioether (sulfide) groups is 1. The van der Waals surface area contributed by atoms with Gasteiger partial charge in [0.1, 0.15) is 6.33 Å². The SMILES string of the molecule is CN(C)S(=O)(=O)n1cnc(C(CSc2ccc(C(C)(C)C)cc2)c2ccncc2)c1. The maximum absolute atomic E-state index is 12.4. The molecule has 2 heterocycles. The van der Waals surface area contributed by atoms with Gasteiger partial charge >= 0.3 is 10.2 Å². The van der Waals surface area contributed by atoms with Crippen molar-refractivity contribution in [2.24, 2.45) is 0 Å². The van der Waals surface area contributed by atoms with Crippen molar-refractivity contribution in [3.8, 4) is 0 Å². The molecule has 160 valence electrons. The number of imidazole rings is 1. The topological polar surface area (TPSA) is 68.1 Å². The van der Waals surface area contributed by atoms with Gasteiger partial charge in [-0.05, 0) is 40.8 Å². The summed E-state index contributed by atoms with van der Waals surface area (Å²) in [6.07, 6.45) is 6.46. The fourth-order valence-corrected chi connectivity index (χ4v) is 4.83. The van der Waals surface area contributed by atoms with E-state index in [1.807, 2.05) is 12.1 Å². The Kier molecular flexibility index (Phi) is 6.69. The van der Waals surface area contributed by atoms with Gasteiger partial charge < -0.3 is 0 Å². The van der Waals surface area contributed by atoms with Gasteiger partial charge in [0.05, 0.1) is 5.69 Å². The van der Waals surface area contributed by atoms with Gasteiger partial charge in [0.15, 0.2) is 0 Å². The van der Waals surface area contributed by atoms with E-state index in [0.29, 0.717) is 5.69 Å². The molecule has 1 aromatic carbocycles. The van der Waals surface area contributed by atoms with Crippen LogP contribution >= 0.6 is 11.8 Å². The van der Waals surface area contributed by atoms with Crippen molar-refractivity contribution < 1.29 is 8.42 Å². The number of nitrogens with zero attached hydrogens (tertiary/aromatic N) is 4. The van der Waals surface area contributed by atoms with Crippen LogP contribution < -0.4 is 0 Å². The third-order valence-corrected chi connectivity index (χ3v) is 7.67. The van der Waals surface area contributed by atoms with E-state index in [1.54, 1.807) is 30.4 Å². The van der Waals surface area contributed by atoms with Crippen LogP contribution in [0.3, 0.4) is 0 Å². The van der Waals surface area contributed by atoms with Gasteiger partial charge in [0.2, 0.25) is 0 Å². The van der Waals surface area contributed by atoms with E-state index < -0.39 is 10.2 Å². The molecule has 1 atom stereocenters. The fourth-order valence-electron chi connectivity index (χ4n) is 2.99. The first-order valence-electron chi connectivity index (χ1n) is 9.69. The minimum absolute atomic E-state index is 0.0566. The summed E-state index contributed by atoms with van der Waals surface area (Å²) in [6.45, 7) is 6.60. The van der Waals surface area contributed by atoms with Crippen LogP contribution in [0.25, 0.3) is 0 Å². The van der Waals surface area contributed by atoms with E-state index in [2.05, 4.69) is 55.0 Å². The molecular weight excluding hydrogens is 416 g/mol. The molecule has 6 nitrogen and oxygen atoms in total. The van der Waals surface area contributed by atoms with Gasteiger partial charge in [0.25, 0.3) is 0 Å². The maximum Gasteiger partial charge on any atom is 0.308 e. The molecule has 0 amide bonds. The Bertz CT molecular complexity index is 1070. The molecule has 0 aliphatic carbocycles. The van der Waals surface area contributed by atoms with Crippen molar-refractivity contribution in [3.05, 3.63) is 78.1 Å². The van der Waals surface area contributed by atoms with Crippen LogP contribution in [-0.4, -0.2) is 46.5 Å². The molecule has 8 heteroatoms. The minimum atomic E-state index is -3.59. The number of rotatable bonds is 7. The van der Waals surface area contributed by atoms with Crippen LogP contribution in [0.15, 0.2) is 66.2 Å². The molecule has 0 N–H and O–H groups in total.